The van der Waals surface area contributed by atoms with E-state index in [1.54, 1.807) is 0 Å². The molecule has 1 aliphatic heterocycles. The van der Waals surface area contributed by atoms with Gasteiger partial charge in [0, 0.05) is 17.3 Å². The zero-order valence-electron chi connectivity index (χ0n) is 21.8. The zero-order chi connectivity index (χ0) is 25.5. The van der Waals surface area contributed by atoms with Crippen molar-refractivity contribution in [1.29, 1.82) is 0 Å². The van der Waals surface area contributed by atoms with Crippen LogP contribution in [0.15, 0.2) is 63.0 Å². The van der Waals surface area contributed by atoms with Crippen LogP contribution >= 0.6 is 8.16 Å². The van der Waals surface area contributed by atoms with E-state index in [2.05, 4.69) is 28.9 Å². The minimum atomic E-state index is -1.50. The summed E-state index contributed by atoms with van der Waals surface area (Å²) in [5.41, 5.74) is 8.61. The molecular formula is C32H34NO4P. The molecule has 38 heavy (non-hydrogen) atoms. The van der Waals surface area contributed by atoms with Gasteiger partial charge in [0.2, 0.25) is 0 Å². The number of carbonyl (C=O) groups excluding carboxylic acids is 1. The molecule has 0 spiro atoms. The van der Waals surface area contributed by atoms with Gasteiger partial charge in [-0.3, -0.25) is 4.79 Å². The Morgan fingerprint density at radius 2 is 1.39 bits per heavy atom. The smallest absolute Gasteiger partial charge is 0.324 e. The number of hydrogen-bond donors (Lipinski definition) is 0. The maximum Gasteiger partial charge on any atom is 0.324 e. The minimum Gasteiger partial charge on any atom is -0.460 e. The molecular weight excluding hydrogens is 493 g/mol. The first-order chi connectivity index (χ1) is 18.8. The normalized spacial score (nSPS) is 19.3. The molecule has 196 valence electrons. The van der Waals surface area contributed by atoms with Gasteiger partial charge in [-0.15, -0.1) is 0 Å². The third kappa shape index (κ3) is 4.36. The first kappa shape index (κ1) is 24.1. The molecule has 0 radical (unpaired) electrons. The maximum atomic E-state index is 13.3. The molecule has 7 rings (SSSR count). The number of rotatable bonds is 4. The fraction of sp³-hybridized carbons (Fsp3) is 0.406. The van der Waals surface area contributed by atoms with Gasteiger partial charge in [0.15, 0.2) is 0 Å². The second-order valence-electron chi connectivity index (χ2n) is 10.9. The van der Waals surface area contributed by atoms with Crippen molar-refractivity contribution in [3.63, 3.8) is 0 Å². The lowest BCUT2D eigenvalue weighted by Gasteiger charge is -2.20. The van der Waals surface area contributed by atoms with Gasteiger partial charge in [-0.05, 0) is 104 Å². The molecule has 0 saturated carbocycles. The molecule has 0 unspecified atom stereocenters. The molecule has 1 saturated heterocycles. The predicted molar refractivity (Wildman–Crippen MR) is 152 cm³/mol. The second-order valence-corrected chi connectivity index (χ2v) is 12.3. The van der Waals surface area contributed by atoms with E-state index in [0.717, 1.165) is 61.8 Å². The monoisotopic (exact) mass is 527 g/mol. The summed E-state index contributed by atoms with van der Waals surface area (Å²) in [7, 11) is -1.50. The Morgan fingerprint density at radius 1 is 0.789 bits per heavy atom. The molecule has 1 atom stereocenters. The van der Waals surface area contributed by atoms with Gasteiger partial charge >= 0.3 is 14.1 Å². The van der Waals surface area contributed by atoms with Gasteiger partial charge in [0.05, 0.1) is 0 Å². The van der Waals surface area contributed by atoms with Crippen LogP contribution in [-0.2, 0) is 41.8 Å². The van der Waals surface area contributed by atoms with Crippen LogP contribution in [0.4, 0.5) is 0 Å². The summed E-state index contributed by atoms with van der Waals surface area (Å²) in [5.74, 6) is -0.193. The number of hydrogen-bond acceptors (Lipinski definition) is 5. The zero-order valence-corrected chi connectivity index (χ0v) is 22.7. The number of fused-ring (bicyclic) bond motifs is 7. The van der Waals surface area contributed by atoms with Crippen molar-refractivity contribution in [3.8, 4) is 0 Å². The van der Waals surface area contributed by atoms with Crippen molar-refractivity contribution < 1.29 is 17.9 Å². The Hall–Kier alpha value is -3.01. The molecule has 1 aromatic heterocycles. The quantitative estimate of drug-likeness (QED) is 0.253. The molecule has 0 amide bonds. The third-order valence-corrected chi connectivity index (χ3v) is 10.1. The topological polar surface area (TPSA) is 55.8 Å². The van der Waals surface area contributed by atoms with Crippen molar-refractivity contribution in [3.05, 3.63) is 82.4 Å². The van der Waals surface area contributed by atoms with Crippen molar-refractivity contribution in [2.45, 2.75) is 76.9 Å². The number of esters is 1. The molecule has 2 heterocycles. The summed E-state index contributed by atoms with van der Waals surface area (Å²) in [6, 6.07) is 18.4. The molecule has 3 aliphatic rings. The fourth-order valence-electron chi connectivity index (χ4n) is 6.62. The molecule has 1 fully saturated rings. The summed E-state index contributed by atoms with van der Waals surface area (Å²) in [5, 5.41) is 2.51. The van der Waals surface area contributed by atoms with Crippen LogP contribution in [0.1, 0.15) is 66.3 Å². The van der Waals surface area contributed by atoms with Crippen molar-refractivity contribution in [2.75, 3.05) is 11.2 Å². The molecule has 0 N–H and O–H groups in total. The molecule has 6 heteroatoms. The van der Waals surface area contributed by atoms with Crippen molar-refractivity contribution in [2.24, 2.45) is 0 Å². The van der Waals surface area contributed by atoms with Gasteiger partial charge in [-0.1, -0.05) is 42.5 Å². The van der Waals surface area contributed by atoms with E-state index in [1.807, 2.05) is 30.3 Å². The van der Waals surface area contributed by atoms with Crippen LogP contribution in [0.25, 0.3) is 21.9 Å². The number of benzene rings is 3. The predicted octanol–water partition coefficient (Wildman–Crippen LogP) is 7.89. The Bertz CT molecular complexity index is 1470. The molecule has 2 aliphatic carbocycles. The van der Waals surface area contributed by atoms with Crippen LogP contribution in [0.5, 0.6) is 0 Å². The standard InChI is InChI=1S/C32H34NO4P/c34-32(35-21-22-9-2-1-3-10-22)27-15-8-20-33(27)38-36-28-18-16-23-11-4-6-13-25(23)30(28)31-26-14-7-5-12-24(26)17-19-29(31)37-38/h1-3,9-10,16-19,27H,4-8,11-15,20-21H2/t27-/m0/s1. The van der Waals surface area contributed by atoms with Gasteiger partial charge in [0.1, 0.15) is 23.8 Å². The Balaban J connectivity index is 1.35. The van der Waals surface area contributed by atoms with Crippen LogP contribution in [0.2, 0.25) is 0 Å². The van der Waals surface area contributed by atoms with Crippen LogP contribution < -0.4 is 4.67 Å². The molecule has 3 aromatic carbocycles. The summed E-state index contributed by atoms with van der Waals surface area (Å²) < 4.78 is 21.5. The van der Waals surface area contributed by atoms with E-state index >= 15 is 0 Å². The van der Waals surface area contributed by atoms with Gasteiger partial charge < -0.3 is 13.1 Å². The number of carbonyl (C=O) groups is 1. The first-order valence-corrected chi connectivity index (χ1v) is 15.3. The third-order valence-electron chi connectivity index (χ3n) is 8.52. The average Bonchev–Trinajstić information content (AvgIpc) is 3.39. The van der Waals surface area contributed by atoms with Gasteiger partial charge in [0.25, 0.3) is 0 Å². The van der Waals surface area contributed by atoms with E-state index in [9.17, 15) is 4.79 Å². The van der Waals surface area contributed by atoms with Crippen LogP contribution in [0, 0.1) is 0 Å². The second kappa shape index (κ2) is 10.3. The highest BCUT2D eigenvalue weighted by molar-refractivity contribution is 7.39. The Labute approximate surface area is 224 Å². The first-order valence-electron chi connectivity index (χ1n) is 14.2. The number of aryl methyl sites for hydroxylation is 4. The van der Waals surface area contributed by atoms with Crippen molar-refractivity contribution in [1.82, 2.24) is 0 Å². The maximum absolute atomic E-state index is 13.3. The van der Waals surface area contributed by atoms with Crippen LogP contribution in [0.3, 0.4) is 0 Å². The van der Waals surface area contributed by atoms with E-state index in [-0.39, 0.29) is 18.6 Å². The lowest BCUT2D eigenvalue weighted by molar-refractivity contribution is -0.146. The Morgan fingerprint density at radius 3 is 2.03 bits per heavy atom. The lowest BCUT2D eigenvalue weighted by Crippen LogP contribution is -2.35. The Kier molecular flexibility index (Phi) is 6.51. The van der Waals surface area contributed by atoms with E-state index in [0.29, 0.717) is 0 Å². The minimum absolute atomic E-state index is 0.193. The van der Waals surface area contributed by atoms with Gasteiger partial charge in [-0.2, -0.15) is 4.67 Å². The highest BCUT2D eigenvalue weighted by atomic mass is 31.1. The number of nitrogens with zero attached hydrogens (tertiary/aromatic N) is 1. The number of ether oxygens (including phenoxy) is 1. The highest BCUT2D eigenvalue weighted by Crippen LogP contribution is 2.45. The summed E-state index contributed by atoms with van der Waals surface area (Å²) >= 11 is 0. The summed E-state index contributed by atoms with van der Waals surface area (Å²) in [4.78, 5) is 13.3. The molecule has 0 bridgehead atoms. The summed E-state index contributed by atoms with van der Waals surface area (Å²) in [6.45, 7) is 1.05. The molecule has 4 aromatic rings. The van der Waals surface area contributed by atoms with E-state index in [1.165, 1.54) is 58.7 Å². The van der Waals surface area contributed by atoms with E-state index < -0.39 is 8.16 Å². The molecule has 5 nitrogen and oxygen atoms in total. The van der Waals surface area contributed by atoms with E-state index in [4.69, 9.17) is 13.1 Å². The fourth-order valence-corrected chi connectivity index (χ4v) is 8.25. The highest BCUT2D eigenvalue weighted by Gasteiger charge is 2.36. The largest absolute Gasteiger partial charge is 0.460 e. The average molecular weight is 528 g/mol. The van der Waals surface area contributed by atoms with Crippen LogP contribution in [-0.4, -0.2) is 18.6 Å². The summed E-state index contributed by atoms with van der Waals surface area (Å²) in [6.07, 6.45) is 11.0. The van der Waals surface area contributed by atoms with Gasteiger partial charge in [-0.25, -0.2) is 0 Å². The van der Waals surface area contributed by atoms with Crippen molar-refractivity contribution >= 4 is 36.1 Å². The SMILES string of the molecule is O=C(OCc1ccccc1)[C@@H]1CCCN1p1oc2ccc3c(c2c2c4c(ccc2o1)CCCC4)CCCC3. The lowest BCUT2D eigenvalue weighted by atomic mass is 9.84.